The van der Waals surface area contributed by atoms with Crippen LogP contribution in [-0.2, 0) is 11.0 Å². The van der Waals surface area contributed by atoms with Crippen LogP contribution in [0.5, 0.6) is 11.5 Å². The highest BCUT2D eigenvalue weighted by atomic mass is 32.2. The molecule has 0 saturated heterocycles. The van der Waals surface area contributed by atoms with Crippen LogP contribution in [0.25, 0.3) is 0 Å². The molecule has 1 aromatic carbocycles. The van der Waals surface area contributed by atoms with E-state index in [4.69, 9.17) is 13.6 Å². The fraction of sp³-hybridized carbons (Fsp3) is 0.724. The van der Waals surface area contributed by atoms with Gasteiger partial charge in [0.2, 0.25) is 8.32 Å². The Hall–Kier alpha value is -0.936. The SMILES string of the molecule is COc1ccc(O[Si](C(C)C)(C(C)C)C(C)C)c([C@@H](O)C/C(SC)=C(\C)O[Si](C)(C)C(C)(C)C)c1CO. The molecule has 1 aromatic rings. The van der Waals surface area contributed by atoms with Crippen LogP contribution in [0.15, 0.2) is 22.8 Å². The molecular weight excluding hydrogens is 517 g/mol. The predicted octanol–water partition coefficient (Wildman–Crippen LogP) is 8.78. The summed E-state index contributed by atoms with van der Waals surface area (Å²) in [7, 11) is -2.74. The molecule has 0 aliphatic carbocycles. The van der Waals surface area contributed by atoms with Crippen LogP contribution in [0.4, 0.5) is 0 Å². The van der Waals surface area contributed by atoms with E-state index in [-0.39, 0.29) is 11.6 Å². The van der Waals surface area contributed by atoms with E-state index < -0.39 is 22.7 Å². The number of aliphatic hydroxyl groups is 2. The van der Waals surface area contributed by atoms with Crippen LogP contribution in [-0.4, -0.2) is 40.2 Å². The summed E-state index contributed by atoms with van der Waals surface area (Å²) < 4.78 is 19.2. The average molecular weight is 571 g/mol. The van der Waals surface area contributed by atoms with Gasteiger partial charge in [0, 0.05) is 22.5 Å². The molecule has 0 amide bonds. The van der Waals surface area contributed by atoms with Crippen LogP contribution < -0.4 is 9.16 Å². The Morgan fingerprint density at radius 3 is 1.84 bits per heavy atom. The number of allylic oxidation sites excluding steroid dienone is 1. The smallest absolute Gasteiger partial charge is 0.258 e. The number of thioether (sulfide) groups is 1. The molecule has 0 heterocycles. The predicted molar refractivity (Wildman–Crippen MR) is 165 cm³/mol. The lowest BCUT2D eigenvalue weighted by atomic mass is 9.98. The van der Waals surface area contributed by atoms with Crippen LogP contribution in [0.2, 0.25) is 34.8 Å². The molecule has 2 N–H and O–H groups in total. The first-order chi connectivity index (χ1) is 16.9. The van der Waals surface area contributed by atoms with Gasteiger partial charge in [-0.1, -0.05) is 62.3 Å². The first-order valence-corrected chi connectivity index (χ1v) is 19.8. The number of aliphatic hydroxyl groups excluding tert-OH is 2. The third kappa shape index (κ3) is 7.59. The maximum absolute atomic E-state index is 11.7. The topological polar surface area (TPSA) is 68.2 Å². The molecule has 0 saturated carbocycles. The summed E-state index contributed by atoms with van der Waals surface area (Å²) in [5, 5.41) is 22.2. The molecule has 0 fully saturated rings. The van der Waals surface area contributed by atoms with E-state index in [1.54, 1.807) is 18.9 Å². The lowest BCUT2D eigenvalue weighted by Gasteiger charge is -2.43. The van der Waals surface area contributed by atoms with E-state index in [1.807, 2.05) is 25.3 Å². The summed E-state index contributed by atoms with van der Waals surface area (Å²) in [4.78, 5) is 0.995. The van der Waals surface area contributed by atoms with Crippen molar-refractivity contribution in [2.45, 2.75) is 123 Å². The number of methoxy groups -OCH3 is 1. The van der Waals surface area contributed by atoms with E-state index in [0.717, 1.165) is 10.7 Å². The van der Waals surface area contributed by atoms with Gasteiger partial charge in [-0.25, -0.2) is 0 Å². The Morgan fingerprint density at radius 2 is 1.46 bits per heavy atom. The monoisotopic (exact) mass is 570 g/mol. The molecule has 5 nitrogen and oxygen atoms in total. The van der Waals surface area contributed by atoms with Crippen molar-refractivity contribution >= 4 is 28.4 Å². The maximum atomic E-state index is 11.7. The van der Waals surface area contributed by atoms with Crippen LogP contribution >= 0.6 is 11.8 Å². The van der Waals surface area contributed by atoms with Crippen molar-refractivity contribution in [3.63, 3.8) is 0 Å². The summed E-state index contributed by atoms with van der Waals surface area (Å²) in [6.45, 7) is 26.4. The fourth-order valence-electron chi connectivity index (χ4n) is 5.22. The molecule has 8 heteroatoms. The quantitative estimate of drug-likeness (QED) is 0.182. The molecule has 0 aliphatic rings. The Labute approximate surface area is 233 Å². The molecule has 0 radical (unpaired) electrons. The normalized spacial score (nSPS) is 14.8. The van der Waals surface area contributed by atoms with Gasteiger partial charge in [0.1, 0.15) is 11.5 Å². The van der Waals surface area contributed by atoms with Crippen LogP contribution in [0.3, 0.4) is 0 Å². The second-order valence-corrected chi connectivity index (χ2v) is 23.5. The Morgan fingerprint density at radius 1 is 0.973 bits per heavy atom. The first kappa shape index (κ1) is 34.1. The number of hydrogen-bond donors (Lipinski definition) is 2. The van der Waals surface area contributed by atoms with Crippen molar-refractivity contribution in [1.82, 2.24) is 0 Å². The zero-order chi connectivity index (χ0) is 28.9. The molecule has 0 aromatic heterocycles. The number of hydrogen-bond acceptors (Lipinski definition) is 6. The number of rotatable bonds is 13. The lowest BCUT2D eigenvalue weighted by Crippen LogP contribution is -2.51. The zero-order valence-electron chi connectivity index (χ0n) is 25.9. The third-order valence-corrected chi connectivity index (χ3v) is 19.6. The molecule has 1 atom stereocenters. The minimum Gasteiger partial charge on any atom is -0.546 e. The van der Waals surface area contributed by atoms with E-state index in [0.29, 0.717) is 45.7 Å². The summed E-state index contributed by atoms with van der Waals surface area (Å²) in [6.07, 6.45) is 1.51. The molecule has 0 spiro atoms. The van der Waals surface area contributed by atoms with Crippen molar-refractivity contribution in [2.24, 2.45) is 0 Å². The summed E-state index contributed by atoms with van der Waals surface area (Å²) in [5.74, 6) is 2.08. The second kappa shape index (κ2) is 13.4. The number of ether oxygens (including phenoxy) is 1. The van der Waals surface area contributed by atoms with Gasteiger partial charge in [0.15, 0.2) is 0 Å². The van der Waals surface area contributed by atoms with Gasteiger partial charge in [0.05, 0.1) is 25.6 Å². The summed E-state index contributed by atoms with van der Waals surface area (Å²) in [6, 6.07) is 3.75. The van der Waals surface area contributed by atoms with Gasteiger partial charge in [-0.2, -0.15) is 0 Å². The van der Waals surface area contributed by atoms with Crippen molar-refractivity contribution in [1.29, 1.82) is 0 Å². The van der Waals surface area contributed by atoms with Crippen LogP contribution in [0.1, 0.15) is 92.9 Å². The highest BCUT2D eigenvalue weighted by molar-refractivity contribution is 8.02. The highest BCUT2D eigenvalue weighted by Crippen LogP contribution is 2.47. The van der Waals surface area contributed by atoms with Gasteiger partial charge in [-0.3, -0.25) is 0 Å². The van der Waals surface area contributed by atoms with Crippen molar-refractivity contribution < 1.29 is 23.8 Å². The minimum absolute atomic E-state index is 0.0761. The first-order valence-electron chi connectivity index (χ1n) is 13.5. The molecule has 1 rings (SSSR count). The van der Waals surface area contributed by atoms with Crippen molar-refractivity contribution in [3.8, 4) is 11.5 Å². The molecule has 0 unspecified atom stereocenters. The highest BCUT2D eigenvalue weighted by Gasteiger charge is 2.47. The van der Waals surface area contributed by atoms with Gasteiger partial charge < -0.3 is 23.8 Å². The standard InChI is InChI=1S/C29H54O5SSi2/c1-19(2)37(20(3)4,21(5)6)34-26-16-15-25(32-11)23(18-30)28(26)24(31)17-27(35-12)22(7)33-36(13,14)29(8,9)10/h15-16,19-21,24,30-31H,17-18H2,1-14H3/b27-22-/t24-/m0/s1. The maximum Gasteiger partial charge on any atom is 0.258 e. The molecule has 214 valence electrons. The van der Waals surface area contributed by atoms with Crippen molar-refractivity contribution in [3.05, 3.63) is 33.9 Å². The number of benzene rings is 1. The van der Waals surface area contributed by atoms with Gasteiger partial charge >= 0.3 is 0 Å². The Balaban J connectivity index is 3.68. The van der Waals surface area contributed by atoms with Crippen molar-refractivity contribution in [2.75, 3.05) is 13.4 Å². The van der Waals surface area contributed by atoms with Crippen LogP contribution in [0, 0.1) is 0 Å². The average Bonchev–Trinajstić information content (AvgIpc) is 2.78. The van der Waals surface area contributed by atoms with E-state index in [2.05, 4.69) is 75.4 Å². The minimum atomic E-state index is -2.30. The lowest BCUT2D eigenvalue weighted by molar-refractivity contribution is 0.170. The summed E-state index contributed by atoms with van der Waals surface area (Å²) in [5.41, 5.74) is 2.32. The fourth-order valence-corrected chi connectivity index (χ4v) is 12.4. The van der Waals surface area contributed by atoms with Gasteiger partial charge in [-0.05, 0) is 60.1 Å². The molecule has 0 bridgehead atoms. The Bertz CT molecular complexity index is 898. The van der Waals surface area contributed by atoms with E-state index >= 15 is 0 Å². The van der Waals surface area contributed by atoms with Gasteiger partial charge in [-0.15, -0.1) is 11.8 Å². The third-order valence-electron chi connectivity index (χ3n) is 8.21. The molecule has 0 aliphatic heterocycles. The van der Waals surface area contributed by atoms with E-state index in [9.17, 15) is 10.2 Å². The molecule has 37 heavy (non-hydrogen) atoms. The molecular formula is C29H54O5SSi2. The Kier molecular flexibility index (Phi) is 12.4. The largest absolute Gasteiger partial charge is 0.546 e. The second-order valence-electron chi connectivity index (χ2n) is 12.5. The van der Waals surface area contributed by atoms with E-state index in [1.165, 1.54) is 0 Å². The summed E-state index contributed by atoms with van der Waals surface area (Å²) >= 11 is 1.60. The zero-order valence-corrected chi connectivity index (χ0v) is 28.7. The van der Waals surface area contributed by atoms with Gasteiger partial charge in [0.25, 0.3) is 8.32 Å².